The fraction of sp³-hybridized carbons (Fsp3) is 0.333. The number of carbonyl (C=O) groups excluding carboxylic acids is 1. The van der Waals surface area contributed by atoms with Crippen molar-refractivity contribution >= 4 is 21.6 Å². The summed E-state index contributed by atoms with van der Waals surface area (Å²) < 4.78 is 24.3. The van der Waals surface area contributed by atoms with Crippen molar-refractivity contribution < 1.29 is 18.4 Å². The van der Waals surface area contributed by atoms with Gasteiger partial charge < -0.3 is 21.6 Å². The molecular weight excluding hydrogens is 296 g/mol. The number of amides is 1. The zero-order valence-corrected chi connectivity index (χ0v) is 12.4. The minimum Gasteiger partial charge on any atom is -0.409 e. The van der Waals surface area contributed by atoms with Gasteiger partial charge >= 0.3 is 0 Å². The number of nitrogens with one attached hydrogen (secondary N) is 2. The summed E-state index contributed by atoms with van der Waals surface area (Å²) in [5.74, 6) is -0.546. The van der Waals surface area contributed by atoms with Gasteiger partial charge in [-0.05, 0) is 12.1 Å². The summed E-state index contributed by atoms with van der Waals surface area (Å²) in [7, 11) is -2.02. The number of amidine groups is 1. The lowest BCUT2D eigenvalue weighted by atomic mass is 10.2. The molecule has 0 aliphatic heterocycles. The highest BCUT2D eigenvalue weighted by Crippen LogP contribution is 2.13. The number of nitrogens with two attached hydrogens (primary N) is 1. The van der Waals surface area contributed by atoms with Crippen LogP contribution in [-0.4, -0.2) is 51.3 Å². The number of carbonyl (C=O) groups is 1. The van der Waals surface area contributed by atoms with Crippen LogP contribution in [0.5, 0.6) is 0 Å². The number of nitrogens with zero attached hydrogens (tertiary/aromatic N) is 1. The maximum atomic E-state index is 12.1. The molecule has 116 valence electrons. The van der Waals surface area contributed by atoms with Gasteiger partial charge in [-0.1, -0.05) is 17.3 Å². The summed E-state index contributed by atoms with van der Waals surface area (Å²) in [5, 5.41) is 16.6. The Labute approximate surface area is 122 Å². The predicted octanol–water partition coefficient (Wildman–Crippen LogP) is -1.11. The molecule has 0 spiro atoms. The zero-order chi connectivity index (χ0) is 15.9. The SMILES string of the molecule is CNC(=O)CNCCS(=O)(=O)c1cccc(/C(N)=N/O)c1. The van der Waals surface area contributed by atoms with Gasteiger partial charge in [-0.2, -0.15) is 0 Å². The van der Waals surface area contributed by atoms with E-state index in [-0.39, 0.29) is 35.5 Å². The molecule has 0 fully saturated rings. The largest absolute Gasteiger partial charge is 0.409 e. The first-order chi connectivity index (χ1) is 9.90. The van der Waals surface area contributed by atoms with Crippen LogP contribution in [0.2, 0.25) is 0 Å². The quantitative estimate of drug-likeness (QED) is 0.166. The Morgan fingerprint density at radius 2 is 2.14 bits per heavy atom. The van der Waals surface area contributed by atoms with Crippen molar-refractivity contribution in [3.63, 3.8) is 0 Å². The molecule has 0 saturated heterocycles. The summed E-state index contributed by atoms with van der Waals surface area (Å²) in [6, 6.07) is 5.82. The minimum atomic E-state index is -3.52. The molecule has 1 aromatic rings. The van der Waals surface area contributed by atoms with Crippen LogP contribution in [0.25, 0.3) is 0 Å². The van der Waals surface area contributed by atoms with E-state index in [9.17, 15) is 13.2 Å². The molecule has 0 atom stereocenters. The molecule has 21 heavy (non-hydrogen) atoms. The van der Waals surface area contributed by atoms with Gasteiger partial charge in [0.05, 0.1) is 17.2 Å². The van der Waals surface area contributed by atoms with Crippen LogP contribution < -0.4 is 16.4 Å². The van der Waals surface area contributed by atoms with Crippen LogP contribution in [0.4, 0.5) is 0 Å². The maximum absolute atomic E-state index is 12.1. The standard InChI is InChI=1S/C12H18N4O4S/c1-14-11(17)8-15-5-6-21(19,20)10-4-2-3-9(7-10)12(13)16-18/h2-4,7,15,18H,5-6,8H2,1H3,(H2,13,16)(H,14,17). The first-order valence-corrected chi connectivity index (χ1v) is 7.78. The number of benzene rings is 1. The Morgan fingerprint density at radius 1 is 1.43 bits per heavy atom. The number of likely N-dealkylation sites (N-methyl/N-ethyl adjacent to an activating group) is 1. The second-order valence-corrected chi connectivity index (χ2v) is 6.29. The molecule has 0 saturated carbocycles. The molecule has 1 rings (SSSR count). The van der Waals surface area contributed by atoms with E-state index in [1.165, 1.54) is 31.3 Å². The van der Waals surface area contributed by atoms with Gasteiger partial charge in [0.1, 0.15) is 0 Å². The van der Waals surface area contributed by atoms with Gasteiger partial charge in [-0.25, -0.2) is 8.42 Å². The molecule has 0 bridgehead atoms. The summed E-state index contributed by atoms with van der Waals surface area (Å²) in [4.78, 5) is 11.1. The molecule has 8 nitrogen and oxygen atoms in total. The normalized spacial score (nSPS) is 12.1. The molecule has 1 aromatic carbocycles. The van der Waals surface area contributed by atoms with Gasteiger partial charge in [-0.3, -0.25) is 4.79 Å². The van der Waals surface area contributed by atoms with Gasteiger partial charge in [0.15, 0.2) is 15.7 Å². The van der Waals surface area contributed by atoms with E-state index in [4.69, 9.17) is 10.9 Å². The van der Waals surface area contributed by atoms with Crippen LogP contribution in [0.1, 0.15) is 5.56 Å². The highest BCUT2D eigenvalue weighted by atomic mass is 32.2. The van der Waals surface area contributed by atoms with Gasteiger partial charge in [-0.15, -0.1) is 0 Å². The molecule has 0 heterocycles. The van der Waals surface area contributed by atoms with E-state index in [0.29, 0.717) is 5.56 Å². The van der Waals surface area contributed by atoms with E-state index in [1.807, 2.05) is 0 Å². The lowest BCUT2D eigenvalue weighted by Crippen LogP contribution is -2.34. The van der Waals surface area contributed by atoms with Crippen LogP contribution >= 0.6 is 0 Å². The molecule has 0 unspecified atom stereocenters. The van der Waals surface area contributed by atoms with Crippen LogP contribution in [0.3, 0.4) is 0 Å². The summed E-state index contributed by atoms with van der Waals surface area (Å²) >= 11 is 0. The second kappa shape index (κ2) is 7.60. The van der Waals surface area contributed by atoms with Crippen molar-refractivity contribution in [1.29, 1.82) is 0 Å². The number of hydrogen-bond donors (Lipinski definition) is 4. The van der Waals surface area contributed by atoms with Crippen LogP contribution in [0.15, 0.2) is 34.3 Å². The van der Waals surface area contributed by atoms with Crippen molar-refractivity contribution in [2.75, 3.05) is 25.9 Å². The molecule has 1 amide bonds. The minimum absolute atomic E-state index is 0.0518. The Balaban J connectivity index is 2.72. The highest BCUT2D eigenvalue weighted by molar-refractivity contribution is 7.91. The average Bonchev–Trinajstić information content (AvgIpc) is 2.50. The van der Waals surface area contributed by atoms with E-state index >= 15 is 0 Å². The van der Waals surface area contributed by atoms with E-state index in [0.717, 1.165) is 0 Å². The Hall–Kier alpha value is -2.13. The molecule has 0 aromatic heterocycles. The summed E-state index contributed by atoms with van der Waals surface area (Å²) in [5.41, 5.74) is 5.74. The van der Waals surface area contributed by atoms with Gasteiger partial charge in [0, 0.05) is 19.2 Å². The number of oxime groups is 1. The zero-order valence-electron chi connectivity index (χ0n) is 11.5. The topological polar surface area (TPSA) is 134 Å². The Bertz CT molecular complexity index is 628. The van der Waals surface area contributed by atoms with Crippen molar-refractivity contribution in [2.24, 2.45) is 10.9 Å². The van der Waals surface area contributed by atoms with Crippen LogP contribution in [-0.2, 0) is 14.6 Å². The van der Waals surface area contributed by atoms with Gasteiger partial charge in [0.2, 0.25) is 5.91 Å². The number of hydrogen-bond acceptors (Lipinski definition) is 6. The summed E-state index contributed by atoms with van der Waals surface area (Å²) in [6.45, 7) is 0.194. The average molecular weight is 314 g/mol. The molecule has 0 aliphatic carbocycles. The molecule has 5 N–H and O–H groups in total. The number of sulfone groups is 1. The molecule has 0 radical (unpaired) electrons. The van der Waals surface area contributed by atoms with Crippen molar-refractivity contribution in [3.05, 3.63) is 29.8 Å². The van der Waals surface area contributed by atoms with Crippen molar-refractivity contribution in [1.82, 2.24) is 10.6 Å². The maximum Gasteiger partial charge on any atom is 0.233 e. The third kappa shape index (κ3) is 5.04. The third-order valence-electron chi connectivity index (χ3n) is 2.71. The lowest BCUT2D eigenvalue weighted by molar-refractivity contribution is -0.119. The first kappa shape index (κ1) is 16.9. The lowest BCUT2D eigenvalue weighted by Gasteiger charge is -2.07. The highest BCUT2D eigenvalue weighted by Gasteiger charge is 2.15. The van der Waals surface area contributed by atoms with E-state index < -0.39 is 9.84 Å². The van der Waals surface area contributed by atoms with Gasteiger partial charge in [0.25, 0.3) is 0 Å². The Morgan fingerprint density at radius 3 is 2.76 bits per heavy atom. The third-order valence-corrected chi connectivity index (χ3v) is 4.42. The first-order valence-electron chi connectivity index (χ1n) is 6.12. The van der Waals surface area contributed by atoms with Crippen molar-refractivity contribution in [3.8, 4) is 0 Å². The fourth-order valence-corrected chi connectivity index (χ4v) is 2.76. The summed E-state index contributed by atoms with van der Waals surface area (Å²) in [6.07, 6.45) is 0. The van der Waals surface area contributed by atoms with Crippen molar-refractivity contribution in [2.45, 2.75) is 4.90 Å². The molecular formula is C12H18N4O4S. The predicted molar refractivity (Wildman–Crippen MR) is 77.9 cm³/mol. The smallest absolute Gasteiger partial charge is 0.233 e. The fourth-order valence-electron chi connectivity index (χ4n) is 1.52. The Kier molecular flexibility index (Phi) is 6.12. The number of rotatable bonds is 7. The second-order valence-electron chi connectivity index (χ2n) is 4.18. The molecule has 0 aliphatic rings. The molecule has 9 heteroatoms. The van der Waals surface area contributed by atoms with E-state index in [1.54, 1.807) is 0 Å². The monoisotopic (exact) mass is 314 g/mol. The van der Waals surface area contributed by atoms with E-state index in [2.05, 4.69) is 15.8 Å². The van der Waals surface area contributed by atoms with Crippen LogP contribution in [0, 0.1) is 0 Å².